The predicted molar refractivity (Wildman–Crippen MR) is 95.2 cm³/mol. The van der Waals surface area contributed by atoms with Gasteiger partial charge in [-0.05, 0) is 31.0 Å². The van der Waals surface area contributed by atoms with Crippen LogP contribution in [-0.2, 0) is 16.1 Å². The highest BCUT2D eigenvalue weighted by Crippen LogP contribution is 2.26. The topological polar surface area (TPSA) is 69.0 Å². The lowest BCUT2D eigenvalue weighted by Gasteiger charge is -2.03. The van der Waals surface area contributed by atoms with Crippen molar-refractivity contribution in [2.24, 2.45) is 0 Å². The number of benzene rings is 1. The summed E-state index contributed by atoms with van der Waals surface area (Å²) in [5.74, 6) is 0.457. The maximum absolute atomic E-state index is 12.0. The molecule has 0 spiro atoms. The maximum atomic E-state index is 12.0. The van der Waals surface area contributed by atoms with Gasteiger partial charge in [0, 0.05) is 19.0 Å². The fourth-order valence-electron chi connectivity index (χ4n) is 2.71. The largest absolute Gasteiger partial charge is 0.384 e. The molecule has 2 aromatic heterocycles. The van der Waals surface area contributed by atoms with E-state index >= 15 is 0 Å². The van der Waals surface area contributed by atoms with E-state index in [0.717, 1.165) is 34.9 Å². The number of aryl methyl sites for hydroxylation is 2. The van der Waals surface area contributed by atoms with Gasteiger partial charge in [-0.25, -0.2) is 9.67 Å². The molecule has 0 aliphatic carbocycles. The molecule has 0 fully saturated rings. The molecule has 0 unspecified atom stereocenters. The van der Waals surface area contributed by atoms with E-state index in [-0.39, 0.29) is 5.91 Å². The van der Waals surface area contributed by atoms with Gasteiger partial charge < -0.3 is 10.1 Å². The van der Waals surface area contributed by atoms with Gasteiger partial charge in [0.1, 0.15) is 0 Å². The van der Waals surface area contributed by atoms with Crippen LogP contribution in [0.3, 0.4) is 0 Å². The zero-order valence-electron chi connectivity index (χ0n) is 14.3. The van der Waals surface area contributed by atoms with E-state index in [4.69, 9.17) is 9.72 Å². The molecule has 3 aromatic rings. The summed E-state index contributed by atoms with van der Waals surface area (Å²) in [6.45, 7) is 5.29. The molecule has 0 aliphatic heterocycles. The average Bonchev–Trinajstić information content (AvgIpc) is 2.88. The highest BCUT2D eigenvalue weighted by Gasteiger charge is 2.15. The van der Waals surface area contributed by atoms with Crippen molar-refractivity contribution in [3.8, 4) is 0 Å². The third-order valence-corrected chi connectivity index (χ3v) is 3.90. The molecule has 0 saturated carbocycles. The number of rotatable bonds is 6. The van der Waals surface area contributed by atoms with E-state index in [1.165, 1.54) is 5.56 Å². The smallest absolute Gasteiger partial charge is 0.227 e. The predicted octanol–water partition coefficient (Wildman–Crippen LogP) is 3.28. The highest BCUT2D eigenvalue weighted by molar-refractivity contribution is 6.02. The summed E-state index contributed by atoms with van der Waals surface area (Å²) in [6, 6.07) is 8.21. The average molecular weight is 326 g/mol. The van der Waals surface area contributed by atoms with Gasteiger partial charge in [0.05, 0.1) is 23.9 Å². The standard InChI is InChI=1S/C18H22N4O2/c1-4-8-22-18-14(17(21-22)20-16(23)7-9-24-3)11-13-6-5-12(2)10-15(13)19-18/h5-6,10-11H,4,7-9H2,1-3H3,(H,20,21,23). The van der Waals surface area contributed by atoms with Crippen molar-refractivity contribution in [2.75, 3.05) is 19.0 Å². The molecule has 0 atom stereocenters. The molecule has 6 nitrogen and oxygen atoms in total. The van der Waals surface area contributed by atoms with Gasteiger partial charge >= 0.3 is 0 Å². The van der Waals surface area contributed by atoms with Crippen LogP contribution in [-0.4, -0.2) is 34.4 Å². The number of hydrogen-bond acceptors (Lipinski definition) is 4. The molecule has 2 heterocycles. The van der Waals surface area contributed by atoms with Gasteiger partial charge in [-0.3, -0.25) is 4.79 Å². The molecule has 0 bridgehead atoms. The van der Waals surface area contributed by atoms with Gasteiger partial charge in [-0.2, -0.15) is 5.10 Å². The Hall–Kier alpha value is -2.47. The van der Waals surface area contributed by atoms with Crippen LogP contribution in [0.25, 0.3) is 21.9 Å². The number of pyridine rings is 1. The molecule has 0 aliphatic rings. The second kappa shape index (κ2) is 6.97. The van der Waals surface area contributed by atoms with Crippen LogP contribution in [0.1, 0.15) is 25.3 Å². The summed E-state index contributed by atoms with van der Waals surface area (Å²) in [4.78, 5) is 16.8. The molecule has 0 radical (unpaired) electrons. The summed E-state index contributed by atoms with van der Waals surface area (Å²) >= 11 is 0. The normalized spacial score (nSPS) is 11.3. The second-order valence-corrected chi connectivity index (χ2v) is 5.92. The number of nitrogens with one attached hydrogen (secondary N) is 1. The third kappa shape index (κ3) is 3.23. The minimum Gasteiger partial charge on any atom is -0.384 e. The van der Waals surface area contributed by atoms with Crippen LogP contribution in [0.4, 0.5) is 5.82 Å². The lowest BCUT2D eigenvalue weighted by Crippen LogP contribution is -2.14. The number of methoxy groups -OCH3 is 1. The van der Waals surface area contributed by atoms with Crippen LogP contribution in [0, 0.1) is 6.92 Å². The Morgan fingerprint density at radius 1 is 1.33 bits per heavy atom. The molecular formula is C18H22N4O2. The van der Waals surface area contributed by atoms with Crippen molar-refractivity contribution >= 4 is 33.7 Å². The van der Waals surface area contributed by atoms with Crippen LogP contribution >= 0.6 is 0 Å². The van der Waals surface area contributed by atoms with Gasteiger partial charge in [0.2, 0.25) is 5.91 Å². The molecule has 1 amide bonds. The summed E-state index contributed by atoms with van der Waals surface area (Å²) in [6.07, 6.45) is 1.25. The Bertz CT molecular complexity index is 885. The first-order valence-electron chi connectivity index (χ1n) is 8.19. The highest BCUT2D eigenvalue weighted by atomic mass is 16.5. The van der Waals surface area contributed by atoms with E-state index in [2.05, 4.69) is 36.4 Å². The Labute approximate surface area is 140 Å². The fourth-order valence-corrected chi connectivity index (χ4v) is 2.71. The molecule has 1 aromatic carbocycles. The van der Waals surface area contributed by atoms with E-state index < -0.39 is 0 Å². The number of aromatic nitrogens is 3. The Morgan fingerprint density at radius 2 is 2.17 bits per heavy atom. The summed E-state index contributed by atoms with van der Waals surface area (Å²) in [5.41, 5.74) is 2.91. The number of anilines is 1. The van der Waals surface area contributed by atoms with Crippen LogP contribution in [0.15, 0.2) is 24.3 Å². The molecular weight excluding hydrogens is 304 g/mol. The Kier molecular flexibility index (Phi) is 4.76. The maximum Gasteiger partial charge on any atom is 0.227 e. The Balaban J connectivity index is 2.08. The zero-order chi connectivity index (χ0) is 17.1. The van der Waals surface area contributed by atoms with Crippen molar-refractivity contribution in [3.63, 3.8) is 0 Å². The number of carbonyl (C=O) groups is 1. The fraction of sp³-hybridized carbons (Fsp3) is 0.389. The first-order valence-corrected chi connectivity index (χ1v) is 8.19. The first-order chi connectivity index (χ1) is 11.6. The van der Waals surface area contributed by atoms with Crippen molar-refractivity contribution in [3.05, 3.63) is 29.8 Å². The van der Waals surface area contributed by atoms with E-state index in [1.54, 1.807) is 7.11 Å². The number of ether oxygens (including phenoxy) is 1. The van der Waals surface area contributed by atoms with Gasteiger partial charge in [0.25, 0.3) is 0 Å². The number of amides is 1. The van der Waals surface area contributed by atoms with Gasteiger partial charge in [-0.15, -0.1) is 0 Å². The van der Waals surface area contributed by atoms with Gasteiger partial charge in [-0.1, -0.05) is 19.1 Å². The SMILES string of the molecule is CCCn1nc(NC(=O)CCOC)c2cc3ccc(C)cc3nc21. The first kappa shape index (κ1) is 16.4. The molecule has 3 rings (SSSR count). The van der Waals surface area contributed by atoms with Crippen LogP contribution < -0.4 is 5.32 Å². The minimum absolute atomic E-state index is 0.107. The monoisotopic (exact) mass is 326 g/mol. The van der Waals surface area contributed by atoms with Crippen LogP contribution in [0.5, 0.6) is 0 Å². The van der Waals surface area contributed by atoms with E-state index in [9.17, 15) is 4.79 Å². The van der Waals surface area contributed by atoms with E-state index in [0.29, 0.717) is 18.8 Å². The zero-order valence-corrected chi connectivity index (χ0v) is 14.3. The molecule has 126 valence electrons. The summed E-state index contributed by atoms with van der Waals surface area (Å²) in [7, 11) is 1.58. The lowest BCUT2D eigenvalue weighted by atomic mass is 10.1. The Morgan fingerprint density at radius 3 is 2.92 bits per heavy atom. The summed E-state index contributed by atoms with van der Waals surface area (Å²) in [5, 5.41) is 9.34. The van der Waals surface area contributed by atoms with Crippen LogP contribution in [0.2, 0.25) is 0 Å². The summed E-state index contributed by atoms with van der Waals surface area (Å²) < 4.78 is 6.82. The molecule has 0 saturated heterocycles. The number of nitrogens with zero attached hydrogens (tertiary/aromatic N) is 3. The number of carbonyl (C=O) groups excluding carboxylic acids is 1. The van der Waals surface area contributed by atoms with Gasteiger partial charge in [0.15, 0.2) is 11.5 Å². The molecule has 1 N–H and O–H groups in total. The lowest BCUT2D eigenvalue weighted by molar-refractivity contribution is -0.117. The quantitative estimate of drug-likeness (QED) is 0.755. The van der Waals surface area contributed by atoms with Crippen molar-refractivity contribution in [1.82, 2.24) is 14.8 Å². The van der Waals surface area contributed by atoms with E-state index in [1.807, 2.05) is 16.8 Å². The third-order valence-electron chi connectivity index (χ3n) is 3.90. The second-order valence-electron chi connectivity index (χ2n) is 5.92. The number of fused-ring (bicyclic) bond motifs is 2. The van der Waals surface area contributed by atoms with Crippen molar-refractivity contribution < 1.29 is 9.53 Å². The van der Waals surface area contributed by atoms with Crippen molar-refractivity contribution in [1.29, 1.82) is 0 Å². The number of hydrogen-bond donors (Lipinski definition) is 1. The van der Waals surface area contributed by atoms with Crippen molar-refractivity contribution in [2.45, 2.75) is 33.2 Å². The molecule has 6 heteroatoms. The minimum atomic E-state index is -0.107. The molecule has 24 heavy (non-hydrogen) atoms.